The van der Waals surface area contributed by atoms with Crippen molar-refractivity contribution in [2.45, 2.75) is 12.5 Å². The summed E-state index contributed by atoms with van der Waals surface area (Å²) in [6, 6.07) is 10.1. The Morgan fingerprint density at radius 1 is 1.34 bits per heavy atom. The van der Waals surface area contributed by atoms with Gasteiger partial charge in [-0.25, -0.2) is 14.2 Å². The van der Waals surface area contributed by atoms with Crippen molar-refractivity contribution in [1.29, 1.82) is 0 Å². The van der Waals surface area contributed by atoms with Crippen LogP contribution in [0.2, 0.25) is 0 Å². The SMILES string of the molecule is COc1ccc(CC(N)CNc2ncc(-c3ccc4[nH]c(=O)oc4c3)s2)cc1F. The molecule has 1 atom stereocenters. The summed E-state index contributed by atoms with van der Waals surface area (Å²) in [6.45, 7) is 0.492. The Kier molecular flexibility index (Phi) is 5.32. The smallest absolute Gasteiger partial charge is 0.417 e. The Morgan fingerprint density at radius 3 is 3.00 bits per heavy atom. The van der Waals surface area contributed by atoms with Crippen molar-refractivity contribution >= 4 is 27.6 Å². The number of nitrogens with zero attached hydrogens (tertiary/aromatic N) is 1. The van der Waals surface area contributed by atoms with Gasteiger partial charge in [-0.15, -0.1) is 0 Å². The number of thiazole rings is 1. The van der Waals surface area contributed by atoms with Crippen LogP contribution in [0.4, 0.5) is 9.52 Å². The molecule has 0 saturated heterocycles. The van der Waals surface area contributed by atoms with Crippen molar-refractivity contribution in [2.75, 3.05) is 19.0 Å². The summed E-state index contributed by atoms with van der Waals surface area (Å²) in [5, 5.41) is 3.95. The Bertz CT molecular complexity index is 1200. The highest BCUT2D eigenvalue weighted by Crippen LogP contribution is 2.30. The summed E-state index contributed by atoms with van der Waals surface area (Å²) in [5.41, 5.74) is 9.04. The molecule has 2 aromatic carbocycles. The van der Waals surface area contributed by atoms with Gasteiger partial charge >= 0.3 is 5.76 Å². The monoisotopic (exact) mass is 414 g/mol. The highest BCUT2D eigenvalue weighted by molar-refractivity contribution is 7.18. The van der Waals surface area contributed by atoms with E-state index in [0.29, 0.717) is 24.1 Å². The third-order valence-electron chi connectivity index (χ3n) is 4.44. The van der Waals surface area contributed by atoms with E-state index in [-0.39, 0.29) is 11.8 Å². The van der Waals surface area contributed by atoms with Crippen molar-refractivity contribution in [1.82, 2.24) is 9.97 Å². The summed E-state index contributed by atoms with van der Waals surface area (Å²) in [6.07, 6.45) is 2.28. The molecule has 0 aliphatic rings. The number of H-pyrrole nitrogens is 1. The Balaban J connectivity index is 1.38. The number of oxazole rings is 1. The number of anilines is 1. The lowest BCUT2D eigenvalue weighted by atomic mass is 10.1. The zero-order valence-corrected chi connectivity index (χ0v) is 16.4. The number of benzene rings is 2. The molecule has 0 spiro atoms. The number of ether oxygens (including phenoxy) is 1. The number of nitrogens with one attached hydrogen (secondary N) is 2. The van der Waals surface area contributed by atoms with Gasteiger partial charge in [-0.05, 0) is 41.8 Å². The molecule has 0 fully saturated rings. The fourth-order valence-electron chi connectivity index (χ4n) is 3.02. The molecule has 0 aliphatic heterocycles. The van der Waals surface area contributed by atoms with E-state index < -0.39 is 11.6 Å². The Hall–Kier alpha value is -3.17. The van der Waals surface area contributed by atoms with Crippen LogP contribution in [0.15, 0.2) is 51.8 Å². The molecule has 0 amide bonds. The molecule has 0 saturated carbocycles. The van der Waals surface area contributed by atoms with E-state index in [1.165, 1.54) is 24.5 Å². The van der Waals surface area contributed by atoms with Crippen LogP contribution in [0.5, 0.6) is 5.75 Å². The average Bonchev–Trinajstić information content (AvgIpc) is 3.31. The van der Waals surface area contributed by atoms with Crippen LogP contribution >= 0.6 is 11.3 Å². The number of hydrogen-bond acceptors (Lipinski definition) is 7. The molecule has 4 aromatic rings. The van der Waals surface area contributed by atoms with Gasteiger partial charge in [0.15, 0.2) is 22.3 Å². The minimum Gasteiger partial charge on any atom is -0.494 e. The van der Waals surface area contributed by atoms with E-state index in [1.54, 1.807) is 30.5 Å². The lowest BCUT2D eigenvalue weighted by molar-refractivity contribution is 0.386. The predicted molar refractivity (Wildman–Crippen MR) is 111 cm³/mol. The van der Waals surface area contributed by atoms with Gasteiger partial charge in [0.05, 0.1) is 17.5 Å². The number of fused-ring (bicyclic) bond motifs is 1. The zero-order chi connectivity index (χ0) is 20.4. The molecule has 4 N–H and O–H groups in total. The molecule has 0 bridgehead atoms. The van der Waals surface area contributed by atoms with E-state index in [4.69, 9.17) is 14.9 Å². The highest BCUT2D eigenvalue weighted by Gasteiger charge is 2.11. The summed E-state index contributed by atoms with van der Waals surface area (Å²) in [7, 11) is 1.43. The maximum Gasteiger partial charge on any atom is 0.417 e. The normalized spacial score (nSPS) is 12.2. The van der Waals surface area contributed by atoms with Crippen LogP contribution in [-0.4, -0.2) is 29.7 Å². The maximum atomic E-state index is 13.8. The minimum absolute atomic E-state index is 0.208. The van der Waals surface area contributed by atoms with Crippen LogP contribution in [0.25, 0.3) is 21.5 Å². The summed E-state index contributed by atoms with van der Waals surface area (Å²) in [5.74, 6) is -0.660. The summed E-state index contributed by atoms with van der Waals surface area (Å²) < 4.78 is 23.8. The molecule has 4 rings (SSSR count). The maximum absolute atomic E-state index is 13.8. The quantitative estimate of drug-likeness (QED) is 0.428. The molecule has 2 aromatic heterocycles. The van der Waals surface area contributed by atoms with Gasteiger partial charge in [0.25, 0.3) is 0 Å². The molecule has 150 valence electrons. The van der Waals surface area contributed by atoms with Crippen molar-refractivity contribution < 1.29 is 13.5 Å². The lowest BCUT2D eigenvalue weighted by Crippen LogP contribution is -2.31. The number of hydrogen-bond donors (Lipinski definition) is 3. The largest absolute Gasteiger partial charge is 0.494 e. The molecule has 9 heteroatoms. The number of methoxy groups -OCH3 is 1. The third kappa shape index (κ3) is 4.30. The van der Waals surface area contributed by atoms with Gasteiger partial charge < -0.3 is 20.2 Å². The van der Waals surface area contributed by atoms with Crippen LogP contribution in [-0.2, 0) is 6.42 Å². The summed E-state index contributed by atoms with van der Waals surface area (Å²) >= 11 is 1.47. The van der Waals surface area contributed by atoms with E-state index >= 15 is 0 Å². The average molecular weight is 414 g/mol. The van der Waals surface area contributed by atoms with Crippen molar-refractivity contribution in [2.24, 2.45) is 5.73 Å². The topological polar surface area (TPSA) is 106 Å². The first-order chi connectivity index (χ1) is 14.0. The fraction of sp³-hybridized carbons (Fsp3) is 0.200. The van der Waals surface area contributed by atoms with Crippen molar-refractivity contribution in [3.8, 4) is 16.2 Å². The highest BCUT2D eigenvalue weighted by atomic mass is 32.1. The van der Waals surface area contributed by atoms with E-state index in [0.717, 1.165) is 21.1 Å². The van der Waals surface area contributed by atoms with Gasteiger partial charge in [0, 0.05) is 18.8 Å². The fourth-order valence-corrected chi connectivity index (χ4v) is 3.84. The van der Waals surface area contributed by atoms with Gasteiger partial charge in [-0.3, -0.25) is 4.98 Å². The lowest BCUT2D eigenvalue weighted by Gasteiger charge is -2.13. The molecule has 29 heavy (non-hydrogen) atoms. The predicted octanol–water partition coefficient (Wildman–Crippen LogP) is 3.37. The standard InChI is InChI=1S/C20H19FN4O3S/c1-27-16-5-2-11(7-14(16)21)6-13(22)9-23-19-24-10-18(29-19)12-3-4-15-17(8-12)28-20(26)25-15/h2-5,7-8,10,13H,6,9,22H2,1H3,(H,23,24)(H,25,26). The molecule has 0 aliphatic carbocycles. The first kappa shape index (κ1) is 19.2. The van der Waals surface area contributed by atoms with Gasteiger partial charge in [-0.2, -0.15) is 0 Å². The first-order valence-electron chi connectivity index (χ1n) is 8.93. The molecule has 1 unspecified atom stereocenters. The minimum atomic E-state index is -0.477. The summed E-state index contributed by atoms with van der Waals surface area (Å²) in [4.78, 5) is 19.2. The third-order valence-corrected chi connectivity index (χ3v) is 5.44. The van der Waals surface area contributed by atoms with E-state index in [2.05, 4.69) is 15.3 Å². The van der Waals surface area contributed by atoms with Crippen molar-refractivity contribution in [3.05, 3.63) is 64.5 Å². The van der Waals surface area contributed by atoms with Gasteiger partial charge in [-0.1, -0.05) is 23.5 Å². The number of rotatable bonds is 7. The molecule has 0 radical (unpaired) electrons. The second-order valence-corrected chi connectivity index (χ2v) is 7.60. The van der Waals surface area contributed by atoms with Crippen molar-refractivity contribution in [3.63, 3.8) is 0 Å². The number of aromatic amines is 1. The van der Waals surface area contributed by atoms with E-state index in [9.17, 15) is 9.18 Å². The zero-order valence-electron chi connectivity index (χ0n) is 15.6. The number of nitrogens with two attached hydrogens (primary N) is 1. The van der Waals surface area contributed by atoms with Crippen LogP contribution in [0, 0.1) is 5.82 Å². The molecular weight excluding hydrogens is 395 g/mol. The van der Waals surface area contributed by atoms with E-state index in [1.807, 2.05) is 6.07 Å². The second kappa shape index (κ2) is 8.06. The molecule has 7 nitrogen and oxygen atoms in total. The Labute approximate surface area is 169 Å². The number of halogens is 1. The van der Waals surface area contributed by atoms with Gasteiger partial charge in [0.2, 0.25) is 0 Å². The number of aromatic nitrogens is 2. The van der Waals surface area contributed by atoms with Crippen LogP contribution in [0.3, 0.4) is 0 Å². The van der Waals surface area contributed by atoms with Gasteiger partial charge in [0.1, 0.15) is 0 Å². The second-order valence-electron chi connectivity index (χ2n) is 6.57. The Morgan fingerprint density at radius 2 is 2.21 bits per heavy atom. The molecule has 2 heterocycles. The molecular formula is C20H19FN4O3S. The first-order valence-corrected chi connectivity index (χ1v) is 9.74. The van der Waals surface area contributed by atoms with Crippen LogP contribution in [0.1, 0.15) is 5.56 Å². The van der Waals surface area contributed by atoms with Crippen LogP contribution < -0.4 is 21.5 Å².